The first-order chi connectivity index (χ1) is 11.7. The molecule has 0 amide bonds. The van der Waals surface area contributed by atoms with Crippen LogP contribution in [0.15, 0.2) is 67.6 Å². The highest BCUT2D eigenvalue weighted by Gasteiger charge is 2.13. The monoisotopic (exact) mass is 402 g/mol. The molecule has 8 heteroatoms. The van der Waals surface area contributed by atoms with Gasteiger partial charge in [0.1, 0.15) is 0 Å². The van der Waals surface area contributed by atoms with E-state index < -0.39 is 0 Å². The lowest BCUT2D eigenvalue weighted by molar-refractivity contribution is 0.574. The minimum absolute atomic E-state index is 0.217. The van der Waals surface area contributed by atoms with E-state index in [4.69, 9.17) is 4.42 Å². The second-order valence-electron chi connectivity index (χ2n) is 5.04. The molecule has 0 aliphatic carbocycles. The molecule has 1 N–H and O–H groups in total. The first-order valence-corrected chi connectivity index (χ1v) is 8.88. The van der Waals surface area contributed by atoms with Crippen LogP contribution in [0.25, 0.3) is 17.2 Å². The molecule has 0 saturated heterocycles. The molecule has 1 aromatic carbocycles. The van der Waals surface area contributed by atoms with E-state index in [1.54, 1.807) is 22.9 Å². The van der Waals surface area contributed by atoms with E-state index in [0.29, 0.717) is 28.1 Å². The SMILES string of the molecule is O=c1cc2nc(-c3ccco3)nc(SCc3cccc(Br)c3)n2[nH]1. The lowest BCUT2D eigenvalue weighted by Gasteiger charge is -2.06. The Morgan fingerprint density at radius 3 is 2.92 bits per heavy atom. The molecule has 6 nitrogen and oxygen atoms in total. The van der Waals surface area contributed by atoms with Gasteiger partial charge in [-0.15, -0.1) is 0 Å². The highest BCUT2D eigenvalue weighted by molar-refractivity contribution is 9.10. The molecular weight excluding hydrogens is 392 g/mol. The number of rotatable bonds is 4. The first kappa shape index (κ1) is 15.2. The quantitative estimate of drug-likeness (QED) is 0.526. The molecule has 0 aliphatic heterocycles. The fourth-order valence-corrected chi connectivity index (χ4v) is 3.61. The number of aromatic amines is 1. The van der Waals surface area contributed by atoms with Crippen molar-refractivity contribution in [3.05, 3.63) is 69.1 Å². The Bertz CT molecular complexity index is 1060. The van der Waals surface area contributed by atoms with E-state index in [-0.39, 0.29) is 5.56 Å². The van der Waals surface area contributed by atoms with Crippen molar-refractivity contribution in [1.82, 2.24) is 19.6 Å². The fourth-order valence-electron chi connectivity index (χ4n) is 2.27. The topological polar surface area (TPSA) is 76.2 Å². The highest BCUT2D eigenvalue weighted by Crippen LogP contribution is 2.25. The molecule has 0 fully saturated rings. The summed E-state index contributed by atoms with van der Waals surface area (Å²) in [6.45, 7) is 0. The second kappa shape index (κ2) is 6.29. The molecule has 4 aromatic rings. The van der Waals surface area contributed by atoms with Gasteiger partial charge in [0.2, 0.25) is 0 Å². The Labute approximate surface area is 149 Å². The number of furan rings is 1. The zero-order valence-electron chi connectivity index (χ0n) is 12.3. The lowest BCUT2D eigenvalue weighted by Crippen LogP contribution is -2.04. The van der Waals surface area contributed by atoms with E-state index in [1.165, 1.54) is 17.8 Å². The predicted octanol–water partition coefficient (Wildman–Crippen LogP) is 3.73. The van der Waals surface area contributed by atoms with Crippen molar-refractivity contribution in [2.45, 2.75) is 10.9 Å². The van der Waals surface area contributed by atoms with Gasteiger partial charge in [-0.25, -0.2) is 9.50 Å². The number of aromatic nitrogens is 4. The summed E-state index contributed by atoms with van der Waals surface area (Å²) in [6.07, 6.45) is 1.57. The molecule has 3 aromatic heterocycles. The van der Waals surface area contributed by atoms with Crippen LogP contribution < -0.4 is 5.56 Å². The van der Waals surface area contributed by atoms with E-state index >= 15 is 0 Å². The summed E-state index contributed by atoms with van der Waals surface area (Å²) in [5, 5.41) is 3.37. The van der Waals surface area contributed by atoms with Gasteiger partial charge in [-0.3, -0.25) is 9.89 Å². The Morgan fingerprint density at radius 1 is 1.21 bits per heavy atom. The van der Waals surface area contributed by atoms with Gasteiger partial charge in [0, 0.05) is 16.3 Å². The summed E-state index contributed by atoms with van der Waals surface area (Å²) in [6, 6.07) is 13.1. The maximum absolute atomic E-state index is 11.7. The second-order valence-corrected chi connectivity index (χ2v) is 6.90. The van der Waals surface area contributed by atoms with Crippen LogP contribution in [0, 0.1) is 0 Å². The summed E-state index contributed by atoms with van der Waals surface area (Å²) in [5.74, 6) is 1.73. The van der Waals surface area contributed by atoms with Gasteiger partial charge in [-0.1, -0.05) is 39.8 Å². The molecule has 24 heavy (non-hydrogen) atoms. The summed E-state index contributed by atoms with van der Waals surface area (Å²) < 4.78 is 7.99. The van der Waals surface area contributed by atoms with Gasteiger partial charge in [-0.2, -0.15) is 4.98 Å². The van der Waals surface area contributed by atoms with E-state index in [2.05, 4.69) is 37.1 Å². The normalized spacial score (nSPS) is 11.2. The summed E-state index contributed by atoms with van der Waals surface area (Å²) in [4.78, 5) is 20.6. The van der Waals surface area contributed by atoms with Gasteiger partial charge in [0.15, 0.2) is 22.4 Å². The lowest BCUT2D eigenvalue weighted by atomic mass is 10.2. The molecule has 0 aliphatic rings. The number of thioether (sulfide) groups is 1. The number of H-pyrrole nitrogens is 1. The third-order valence-electron chi connectivity index (χ3n) is 3.32. The van der Waals surface area contributed by atoms with Gasteiger partial charge in [0.05, 0.1) is 6.26 Å². The number of hydrogen-bond donors (Lipinski definition) is 1. The zero-order chi connectivity index (χ0) is 16.5. The van der Waals surface area contributed by atoms with Gasteiger partial charge < -0.3 is 4.42 Å². The summed E-state index contributed by atoms with van der Waals surface area (Å²) >= 11 is 4.98. The van der Waals surface area contributed by atoms with Crippen molar-refractivity contribution in [3.8, 4) is 11.6 Å². The predicted molar refractivity (Wildman–Crippen MR) is 95.0 cm³/mol. The number of nitrogens with zero attached hydrogens (tertiary/aromatic N) is 3. The standard InChI is InChI=1S/C16H11BrN4O2S/c17-11-4-1-3-10(7-11)9-24-16-19-15(12-5-2-6-23-12)18-13-8-14(22)20-21(13)16/h1-8H,9H2,(H,20,22). The Morgan fingerprint density at radius 2 is 2.12 bits per heavy atom. The molecule has 0 bridgehead atoms. The van der Waals surface area contributed by atoms with Crippen molar-refractivity contribution in [1.29, 1.82) is 0 Å². The molecule has 0 unspecified atom stereocenters. The summed E-state index contributed by atoms with van der Waals surface area (Å²) in [7, 11) is 0. The Hall–Kier alpha value is -2.32. The highest BCUT2D eigenvalue weighted by atomic mass is 79.9. The van der Waals surface area contributed by atoms with Crippen molar-refractivity contribution in [2.24, 2.45) is 0 Å². The number of hydrogen-bond acceptors (Lipinski definition) is 5. The van der Waals surface area contributed by atoms with Crippen LogP contribution in [-0.2, 0) is 5.75 Å². The van der Waals surface area contributed by atoms with Crippen molar-refractivity contribution in [3.63, 3.8) is 0 Å². The number of benzene rings is 1. The average molecular weight is 403 g/mol. The molecule has 0 spiro atoms. The fraction of sp³-hybridized carbons (Fsp3) is 0.0625. The average Bonchev–Trinajstić information content (AvgIpc) is 3.21. The maximum atomic E-state index is 11.7. The van der Waals surface area contributed by atoms with E-state index in [9.17, 15) is 4.79 Å². The van der Waals surface area contributed by atoms with Crippen LogP contribution in [0.4, 0.5) is 0 Å². The minimum atomic E-state index is -0.217. The van der Waals surface area contributed by atoms with Crippen LogP contribution in [0.1, 0.15) is 5.56 Å². The Balaban J connectivity index is 1.74. The largest absolute Gasteiger partial charge is 0.461 e. The number of nitrogens with one attached hydrogen (secondary N) is 1. The molecule has 4 rings (SSSR count). The third kappa shape index (κ3) is 3.02. The molecule has 0 radical (unpaired) electrons. The van der Waals surface area contributed by atoms with Crippen molar-refractivity contribution < 1.29 is 4.42 Å². The molecule has 3 heterocycles. The molecule has 120 valence electrons. The Kier molecular flexibility index (Phi) is 3.99. The molecular formula is C16H11BrN4O2S. The van der Waals surface area contributed by atoms with E-state index in [1.807, 2.05) is 18.2 Å². The third-order valence-corrected chi connectivity index (χ3v) is 4.83. The van der Waals surface area contributed by atoms with Crippen LogP contribution >= 0.6 is 27.7 Å². The summed E-state index contributed by atoms with van der Waals surface area (Å²) in [5.41, 5.74) is 1.44. The van der Waals surface area contributed by atoms with Crippen LogP contribution in [0.5, 0.6) is 0 Å². The van der Waals surface area contributed by atoms with Crippen molar-refractivity contribution >= 4 is 33.3 Å². The smallest absolute Gasteiger partial charge is 0.266 e. The van der Waals surface area contributed by atoms with Crippen LogP contribution in [-0.4, -0.2) is 19.6 Å². The maximum Gasteiger partial charge on any atom is 0.266 e. The molecule has 0 atom stereocenters. The van der Waals surface area contributed by atoms with Crippen LogP contribution in [0.2, 0.25) is 0 Å². The number of halogens is 1. The zero-order valence-corrected chi connectivity index (χ0v) is 14.7. The van der Waals surface area contributed by atoms with Gasteiger partial charge in [0.25, 0.3) is 5.56 Å². The first-order valence-electron chi connectivity index (χ1n) is 7.10. The number of fused-ring (bicyclic) bond motifs is 1. The van der Waals surface area contributed by atoms with Crippen molar-refractivity contribution in [2.75, 3.05) is 0 Å². The molecule has 0 saturated carbocycles. The minimum Gasteiger partial charge on any atom is -0.461 e. The van der Waals surface area contributed by atoms with Gasteiger partial charge in [-0.05, 0) is 29.8 Å². The van der Waals surface area contributed by atoms with E-state index in [0.717, 1.165) is 10.0 Å². The van der Waals surface area contributed by atoms with Gasteiger partial charge >= 0.3 is 0 Å². The van der Waals surface area contributed by atoms with Crippen LogP contribution in [0.3, 0.4) is 0 Å².